The molecule has 0 saturated carbocycles. The van der Waals surface area contributed by atoms with Gasteiger partial charge in [-0.15, -0.1) is 0 Å². The zero-order valence-electron chi connectivity index (χ0n) is 14.6. The zero-order valence-corrected chi connectivity index (χ0v) is 16.2. The summed E-state index contributed by atoms with van der Waals surface area (Å²) in [6, 6.07) is 20.7. The van der Waals surface area contributed by atoms with Gasteiger partial charge in [-0.05, 0) is 36.8 Å². The first-order valence-corrected chi connectivity index (χ1v) is 9.37. The summed E-state index contributed by atoms with van der Waals surface area (Å²) in [5.74, 6) is 0.451. The minimum Gasteiger partial charge on any atom is -0.324 e. The van der Waals surface area contributed by atoms with Crippen LogP contribution in [0.15, 0.2) is 82.2 Å². The van der Waals surface area contributed by atoms with E-state index in [0.717, 1.165) is 21.1 Å². The third kappa shape index (κ3) is 3.48. The van der Waals surface area contributed by atoms with Crippen molar-refractivity contribution in [1.29, 1.82) is 0 Å². The maximum Gasteiger partial charge on any atom is 0.252 e. The first kappa shape index (κ1) is 17.4. The molecule has 6 heteroatoms. The Balaban J connectivity index is 1.84. The highest BCUT2D eigenvalue weighted by molar-refractivity contribution is 9.10. The molecule has 0 spiro atoms. The standard InChI is InChI=1S/C21H17BrN4O/c1-14(17-9-5-6-10-18(17)22)26-19(27)12-11-15-13-23-21(25-20(15)26)24-16-7-3-2-4-8-16/h2-14H,1H3,(H,23,24,25). The minimum atomic E-state index is -0.184. The number of anilines is 2. The average molecular weight is 421 g/mol. The average Bonchev–Trinajstić information content (AvgIpc) is 2.68. The number of aromatic nitrogens is 3. The molecule has 5 nitrogen and oxygen atoms in total. The Morgan fingerprint density at radius 2 is 1.74 bits per heavy atom. The molecule has 1 unspecified atom stereocenters. The highest BCUT2D eigenvalue weighted by Crippen LogP contribution is 2.27. The molecule has 1 atom stereocenters. The molecule has 4 aromatic rings. The number of hydrogen-bond acceptors (Lipinski definition) is 4. The van der Waals surface area contributed by atoms with E-state index in [9.17, 15) is 4.79 Å². The van der Waals surface area contributed by atoms with Crippen molar-refractivity contribution in [3.63, 3.8) is 0 Å². The second-order valence-corrected chi connectivity index (χ2v) is 7.06. The van der Waals surface area contributed by atoms with Gasteiger partial charge in [0, 0.05) is 27.8 Å². The van der Waals surface area contributed by atoms with Gasteiger partial charge < -0.3 is 5.32 Å². The van der Waals surface area contributed by atoms with Gasteiger partial charge in [-0.2, -0.15) is 4.98 Å². The molecule has 134 valence electrons. The quantitative estimate of drug-likeness (QED) is 0.509. The highest BCUT2D eigenvalue weighted by Gasteiger charge is 2.16. The lowest BCUT2D eigenvalue weighted by Crippen LogP contribution is -2.24. The van der Waals surface area contributed by atoms with Gasteiger partial charge in [-0.1, -0.05) is 52.3 Å². The summed E-state index contributed by atoms with van der Waals surface area (Å²) in [5.41, 5.74) is 2.40. The molecule has 0 amide bonds. The Hall–Kier alpha value is -2.99. The lowest BCUT2D eigenvalue weighted by Gasteiger charge is -2.19. The first-order chi connectivity index (χ1) is 13.1. The number of rotatable bonds is 4. The van der Waals surface area contributed by atoms with Gasteiger partial charge >= 0.3 is 0 Å². The van der Waals surface area contributed by atoms with Crippen molar-refractivity contribution >= 4 is 38.6 Å². The van der Waals surface area contributed by atoms with Gasteiger partial charge in [0.1, 0.15) is 5.65 Å². The van der Waals surface area contributed by atoms with E-state index in [0.29, 0.717) is 11.6 Å². The zero-order chi connectivity index (χ0) is 18.8. The predicted molar refractivity (Wildman–Crippen MR) is 111 cm³/mol. The number of benzene rings is 2. The highest BCUT2D eigenvalue weighted by atomic mass is 79.9. The molecule has 0 bridgehead atoms. The number of nitrogens with zero attached hydrogens (tertiary/aromatic N) is 3. The Kier molecular flexibility index (Phi) is 4.73. The van der Waals surface area contributed by atoms with Crippen LogP contribution in [0.25, 0.3) is 11.0 Å². The van der Waals surface area contributed by atoms with E-state index in [4.69, 9.17) is 0 Å². The number of nitrogens with one attached hydrogen (secondary N) is 1. The molecule has 0 aliphatic heterocycles. The van der Waals surface area contributed by atoms with E-state index in [2.05, 4.69) is 31.2 Å². The molecule has 0 fully saturated rings. The van der Waals surface area contributed by atoms with Crippen molar-refractivity contribution in [3.05, 3.63) is 93.3 Å². The maximum absolute atomic E-state index is 12.7. The van der Waals surface area contributed by atoms with Crippen LogP contribution in [-0.4, -0.2) is 14.5 Å². The van der Waals surface area contributed by atoms with Crippen LogP contribution < -0.4 is 10.9 Å². The summed E-state index contributed by atoms with van der Waals surface area (Å²) in [7, 11) is 0. The van der Waals surface area contributed by atoms with E-state index in [1.807, 2.05) is 61.5 Å². The molecule has 4 rings (SSSR count). The number of para-hydroxylation sites is 1. The molecule has 27 heavy (non-hydrogen) atoms. The second kappa shape index (κ2) is 7.32. The van der Waals surface area contributed by atoms with E-state index in [-0.39, 0.29) is 11.6 Å². The third-order valence-corrected chi connectivity index (χ3v) is 5.16. The van der Waals surface area contributed by atoms with Crippen LogP contribution in [0.2, 0.25) is 0 Å². The van der Waals surface area contributed by atoms with Crippen molar-refractivity contribution in [2.75, 3.05) is 5.32 Å². The molecule has 0 aliphatic rings. The van der Waals surface area contributed by atoms with Crippen LogP contribution in [0.5, 0.6) is 0 Å². The molecular weight excluding hydrogens is 404 g/mol. The minimum absolute atomic E-state index is 0.102. The lowest BCUT2D eigenvalue weighted by molar-refractivity contribution is 0.630. The molecule has 2 aromatic heterocycles. The molecular formula is C21H17BrN4O. The van der Waals surface area contributed by atoms with Gasteiger partial charge in [0.25, 0.3) is 5.56 Å². The molecule has 0 radical (unpaired) electrons. The van der Waals surface area contributed by atoms with Crippen LogP contribution in [0.3, 0.4) is 0 Å². The van der Waals surface area contributed by atoms with Crippen LogP contribution in [0.4, 0.5) is 11.6 Å². The van der Waals surface area contributed by atoms with Gasteiger partial charge in [0.2, 0.25) is 5.95 Å². The van der Waals surface area contributed by atoms with Crippen LogP contribution in [0, 0.1) is 0 Å². The Morgan fingerprint density at radius 3 is 2.52 bits per heavy atom. The van der Waals surface area contributed by atoms with Gasteiger partial charge in [-0.3, -0.25) is 9.36 Å². The first-order valence-electron chi connectivity index (χ1n) is 8.58. The number of fused-ring (bicyclic) bond motifs is 1. The Labute approximate surface area is 164 Å². The molecule has 0 aliphatic carbocycles. The molecule has 2 aromatic carbocycles. The SMILES string of the molecule is CC(c1ccccc1Br)n1c(=O)ccc2cnc(Nc3ccccc3)nc21. The fraction of sp³-hybridized carbons (Fsp3) is 0.0952. The maximum atomic E-state index is 12.7. The lowest BCUT2D eigenvalue weighted by atomic mass is 10.1. The summed E-state index contributed by atoms with van der Waals surface area (Å²) in [6.45, 7) is 1.99. The van der Waals surface area contributed by atoms with Crippen LogP contribution in [-0.2, 0) is 0 Å². The van der Waals surface area contributed by atoms with Crippen molar-refractivity contribution in [2.45, 2.75) is 13.0 Å². The topological polar surface area (TPSA) is 59.8 Å². The summed E-state index contributed by atoms with van der Waals surface area (Å²) in [5, 5.41) is 4.00. The Bertz CT molecular complexity index is 1160. The van der Waals surface area contributed by atoms with E-state index >= 15 is 0 Å². The van der Waals surface area contributed by atoms with E-state index < -0.39 is 0 Å². The monoisotopic (exact) mass is 420 g/mol. The van der Waals surface area contributed by atoms with Crippen molar-refractivity contribution in [3.8, 4) is 0 Å². The largest absolute Gasteiger partial charge is 0.324 e. The third-order valence-electron chi connectivity index (χ3n) is 4.44. The van der Waals surface area contributed by atoms with Crippen molar-refractivity contribution in [2.24, 2.45) is 0 Å². The number of hydrogen-bond donors (Lipinski definition) is 1. The van der Waals surface area contributed by atoms with Crippen LogP contribution in [0.1, 0.15) is 18.5 Å². The van der Waals surface area contributed by atoms with Gasteiger partial charge in [0.05, 0.1) is 6.04 Å². The van der Waals surface area contributed by atoms with E-state index in [1.165, 1.54) is 0 Å². The fourth-order valence-electron chi connectivity index (χ4n) is 3.08. The van der Waals surface area contributed by atoms with Gasteiger partial charge in [-0.25, -0.2) is 4.98 Å². The normalized spacial score (nSPS) is 12.1. The number of halogens is 1. The summed E-state index contributed by atoms with van der Waals surface area (Å²) in [6.07, 6.45) is 1.73. The van der Waals surface area contributed by atoms with E-state index in [1.54, 1.807) is 22.9 Å². The van der Waals surface area contributed by atoms with Gasteiger partial charge in [0.15, 0.2) is 0 Å². The molecule has 0 saturated heterocycles. The number of pyridine rings is 1. The molecule has 1 N–H and O–H groups in total. The predicted octanol–water partition coefficient (Wildman–Crippen LogP) is 4.91. The van der Waals surface area contributed by atoms with Crippen molar-refractivity contribution < 1.29 is 0 Å². The second-order valence-electron chi connectivity index (χ2n) is 6.20. The fourth-order valence-corrected chi connectivity index (χ4v) is 3.69. The summed E-state index contributed by atoms with van der Waals surface area (Å²) >= 11 is 3.58. The Morgan fingerprint density at radius 1 is 1.00 bits per heavy atom. The summed E-state index contributed by atoms with van der Waals surface area (Å²) < 4.78 is 2.66. The van der Waals surface area contributed by atoms with Crippen molar-refractivity contribution in [1.82, 2.24) is 14.5 Å². The van der Waals surface area contributed by atoms with Crippen LogP contribution >= 0.6 is 15.9 Å². The molecule has 2 heterocycles. The smallest absolute Gasteiger partial charge is 0.252 e. The summed E-state index contributed by atoms with van der Waals surface area (Å²) in [4.78, 5) is 21.7.